The summed E-state index contributed by atoms with van der Waals surface area (Å²) >= 11 is 0. The Morgan fingerprint density at radius 1 is 0.889 bits per heavy atom. The molecule has 0 atom stereocenters. The van der Waals surface area contributed by atoms with Gasteiger partial charge in [0.25, 0.3) is 0 Å². The molecule has 0 amide bonds. The molecule has 3 rings (SSSR count). The Labute approximate surface area is 160 Å². The Morgan fingerprint density at radius 2 is 1.67 bits per heavy atom. The van der Waals surface area contributed by atoms with Gasteiger partial charge in [0.05, 0.1) is 0 Å². The van der Waals surface area contributed by atoms with Crippen molar-refractivity contribution in [1.29, 1.82) is 0 Å². The van der Waals surface area contributed by atoms with Crippen LogP contribution in [-0.4, -0.2) is 19.6 Å². The Balaban J connectivity index is 1.71. The van der Waals surface area contributed by atoms with Crippen LogP contribution in [-0.2, 0) is 13.2 Å². The summed E-state index contributed by atoms with van der Waals surface area (Å²) in [4.78, 5) is 0. The van der Waals surface area contributed by atoms with E-state index in [1.54, 1.807) is 12.1 Å². The molecule has 0 spiro atoms. The monoisotopic (exact) mass is 366 g/mol. The van der Waals surface area contributed by atoms with Crippen LogP contribution >= 0.6 is 0 Å². The highest BCUT2D eigenvalue weighted by atomic mass is 19.1. The van der Waals surface area contributed by atoms with Crippen LogP contribution in [0.4, 0.5) is 4.39 Å². The van der Waals surface area contributed by atoms with Crippen LogP contribution < -0.4 is 15.4 Å². The Hall–Kier alpha value is -2.43. The standard InChI is InChI=1S/C23H27FN2O/c1-2-25-14-5-15-26-16-22-21-7-4-3-6-19(21)10-13-23(22)27-17-18-8-11-20(24)12-9-18/h3-4,6-13,25-26H,2,5,14-17H2,1H3. The van der Waals surface area contributed by atoms with Crippen LogP contribution in [0.3, 0.4) is 0 Å². The highest BCUT2D eigenvalue weighted by Gasteiger charge is 2.09. The molecule has 3 aromatic carbocycles. The van der Waals surface area contributed by atoms with Gasteiger partial charge in [-0.3, -0.25) is 0 Å². The van der Waals surface area contributed by atoms with Crippen molar-refractivity contribution in [2.75, 3.05) is 19.6 Å². The molecule has 0 saturated heterocycles. The van der Waals surface area contributed by atoms with Gasteiger partial charge in [-0.15, -0.1) is 0 Å². The third-order valence-electron chi connectivity index (χ3n) is 4.56. The lowest BCUT2D eigenvalue weighted by Crippen LogP contribution is -2.21. The zero-order chi connectivity index (χ0) is 18.9. The van der Waals surface area contributed by atoms with Gasteiger partial charge >= 0.3 is 0 Å². The second-order valence-electron chi connectivity index (χ2n) is 6.56. The highest BCUT2D eigenvalue weighted by Crippen LogP contribution is 2.28. The summed E-state index contributed by atoms with van der Waals surface area (Å²) in [6.45, 7) is 6.28. The molecule has 0 aromatic heterocycles. The van der Waals surface area contributed by atoms with Gasteiger partial charge in [-0.2, -0.15) is 0 Å². The van der Waals surface area contributed by atoms with E-state index in [-0.39, 0.29) is 5.82 Å². The molecule has 142 valence electrons. The average Bonchev–Trinajstić information content (AvgIpc) is 2.70. The lowest BCUT2D eigenvalue weighted by atomic mass is 10.0. The molecule has 27 heavy (non-hydrogen) atoms. The number of hydrogen-bond donors (Lipinski definition) is 2. The summed E-state index contributed by atoms with van der Waals surface area (Å²) in [5.41, 5.74) is 2.12. The van der Waals surface area contributed by atoms with Gasteiger partial charge in [-0.25, -0.2) is 4.39 Å². The summed E-state index contributed by atoms with van der Waals surface area (Å²) in [6.07, 6.45) is 1.09. The van der Waals surface area contributed by atoms with Crippen molar-refractivity contribution in [3.63, 3.8) is 0 Å². The van der Waals surface area contributed by atoms with E-state index in [4.69, 9.17) is 4.74 Å². The van der Waals surface area contributed by atoms with Gasteiger partial charge in [-0.05, 0) is 60.6 Å². The first kappa shape index (κ1) is 19.3. The van der Waals surface area contributed by atoms with E-state index in [2.05, 4.69) is 47.9 Å². The van der Waals surface area contributed by atoms with Crippen molar-refractivity contribution in [2.45, 2.75) is 26.5 Å². The Morgan fingerprint density at radius 3 is 2.48 bits per heavy atom. The number of hydrogen-bond acceptors (Lipinski definition) is 3. The lowest BCUT2D eigenvalue weighted by Gasteiger charge is -2.15. The quantitative estimate of drug-likeness (QED) is 0.513. The predicted octanol–water partition coefficient (Wildman–Crippen LogP) is 4.65. The van der Waals surface area contributed by atoms with Crippen LogP contribution in [0.25, 0.3) is 10.8 Å². The normalized spacial score (nSPS) is 11.0. The number of fused-ring (bicyclic) bond motifs is 1. The van der Waals surface area contributed by atoms with Gasteiger partial charge in [0.2, 0.25) is 0 Å². The van der Waals surface area contributed by atoms with Gasteiger partial charge in [0.15, 0.2) is 0 Å². The fourth-order valence-corrected chi connectivity index (χ4v) is 3.10. The van der Waals surface area contributed by atoms with Crippen molar-refractivity contribution >= 4 is 10.8 Å². The van der Waals surface area contributed by atoms with E-state index < -0.39 is 0 Å². The van der Waals surface area contributed by atoms with Gasteiger partial charge in [0, 0.05) is 12.1 Å². The number of rotatable bonds is 10. The molecule has 2 N–H and O–H groups in total. The van der Waals surface area contributed by atoms with Gasteiger partial charge < -0.3 is 15.4 Å². The summed E-state index contributed by atoms with van der Waals surface area (Å²) in [7, 11) is 0. The van der Waals surface area contributed by atoms with Crippen LogP contribution in [0.2, 0.25) is 0 Å². The molecule has 3 nitrogen and oxygen atoms in total. The molecule has 0 saturated carbocycles. The SMILES string of the molecule is CCNCCCNCc1c(OCc2ccc(F)cc2)ccc2ccccc12. The van der Waals surface area contributed by atoms with Crippen LogP contribution in [0.15, 0.2) is 60.7 Å². The smallest absolute Gasteiger partial charge is 0.124 e. The first-order valence-corrected chi connectivity index (χ1v) is 9.57. The lowest BCUT2D eigenvalue weighted by molar-refractivity contribution is 0.302. The minimum atomic E-state index is -0.230. The maximum absolute atomic E-state index is 13.1. The summed E-state index contributed by atoms with van der Waals surface area (Å²) in [5, 5.41) is 9.27. The molecule has 0 fully saturated rings. The molecule has 0 heterocycles. The van der Waals surface area contributed by atoms with Crippen molar-refractivity contribution < 1.29 is 9.13 Å². The summed E-state index contributed by atoms with van der Waals surface area (Å²) in [6, 6.07) is 18.9. The number of ether oxygens (including phenoxy) is 1. The highest BCUT2D eigenvalue weighted by molar-refractivity contribution is 5.87. The fourth-order valence-electron chi connectivity index (χ4n) is 3.10. The molecule has 4 heteroatoms. The maximum Gasteiger partial charge on any atom is 0.124 e. The maximum atomic E-state index is 13.1. The van der Waals surface area contributed by atoms with Gasteiger partial charge in [0.1, 0.15) is 18.2 Å². The summed E-state index contributed by atoms with van der Waals surface area (Å²) in [5.74, 6) is 0.643. The Bertz CT molecular complexity index is 849. The molecule has 0 unspecified atom stereocenters. The molecule has 0 aliphatic rings. The minimum absolute atomic E-state index is 0.230. The molecule has 0 bridgehead atoms. The van der Waals surface area contributed by atoms with Crippen molar-refractivity contribution in [1.82, 2.24) is 10.6 Å². The number of halogens is 1. The van der Waals surface area contributed by atoms with E-state index >= 15 is 0 Å². The largest absolute Gasteiger partial charge is 0.489 e. The van der Waals surface area contributed by atoms with Crippen molar-refractivity contribution in [3.8, 4) is 5.75 Å². The van der Waals surface area contributed by atoms with E-state index in [9.17, 15) is 4.39 Å². The molecule has 0 radical (unpaired) electrons. The minimum Gasteiger partial charge on any atom is -0.489 e. The van der Waals surface area contributed by atoms with E-state index in [1.807, 2.05) is 6.07 Å². The number of nitrogens with one attached hydrogen (secondary N) is 2. The molecular weight excluding hydrogens is 339 g/mol. The molecule has 3 aromatic rings. The second kappa shape index (κ2) is 10.0. The summed E-state index contributed by atoms with van der Waals surface area (Å²) < 4.78 is 19.2. The zero-order valence-corrected chi connectivity index (χ0v) is 15.8. The van der Waals surface area contributed by atoms with Gasteiger partial charge in [-0.1, -0.05) is 49.4 Å². The molecular formula is C23H27FN2O. The van der Waals surface area contributed by atoms with Crippen LogP contribution in [0.1, 0.15) is 24.5 Å². The van der Waals surface area contributed by atoms with E-state index in [0.29, 0.717) is 6.61 Å². The topological polar surface area (TPSA) is 33.3 Å². The van der Waals surface area contributed by atoms with Crippen molar-refractivity contribution in [3.05, 3.63) is 77.6 Å². The average molecular weight is 366 g/mol. The number of benzene rings is 3. The molecule has 0 aliphatic carbocycles. The fraction of sp³-hybridized carbons (Fsp3) is 0.304. The first-order valence-electron chi connectivity index (χ1n) is 9.57. The third kappa shape index (κ3) is 5.52. The zero-order valence-electron chi connectivity index (χ0n) is 15.8. The first-order chi connectivity index (χ1) is 13.3. The predicted molar refractivity (Wildman–Crippen MR) is 110 cm³/mol. The van der Waals surface area contributed by atoms with E-state index in [0.717, 1.165) is 43.9 Å². The van der Waals surface area contributed by atoms with Crippen molar-refractivity contribution in [2.24, 2.45) is 0 Å². The Kier molecular flexibility index (Phi) is 7.19. The van der Waals surface area contributed by atoms with E-state index in [1.165, 1.54) is 28.5 Å². The third-order valence-corrected chi connectivity index (χ3v) is 4.56. The second-order valence-corrected chi connectivity index (χ2v) is 6.56. The molecule has 0 aliphatic heterocycles. The van der Waals surface area contributed by atoms with Crippen LogP contribution in [0, 0.1) is 5.82 Å². The van der Waals surface area contributed by atoms with Crippen LogP contribution in [0.5, 0.6) is 5.75 Å².